The fourth-order valence-corrected chi connectivity index (χ4v) is 3.58. The van der Waals surface area contributed by atoms with Gasteiger partial charge < -0.3 is 4.57 Å². The number of nitrogens with one attached hydrogen (secondary N) is 1. The lowest BCUT2D eigenvalue weighted by Gasteiger charge is -2.14. The van der Waals surface area contributed by atoms with Gasteiger partial charge >= 0.3 is 6.18 Å². The van der Waals surface area contributed by atoms with Gasteiger partial charge in [-0.15, -0.1) is 0 Å². The van der Waals surface area contributed by atoms with Crippen LogP contribution >= 0.6 is 11.6 Å². The van der Waals surface area contributed by atoms with E-state index >= 15 is 0 Å². The Bertz CT molecular complexity index is 819. The molecule has 0 unspecified atom stereocenters. The second kappa shape index (κ2) is 7.12. The van der Waals surface area contributed by atoms with E-state index in [0.29, 0.717) is 19.0 Å². The molecular formula is C14H15ClF3N3O2S. The normalized spacial score (nSPS) is 12.5. The highest BCUT2D eigenvalue weighted by Gasteiger charge is 2.37. The van der Waals surface area contributed by atoms with Gasteiger partial charge in [0.05, 0.1) is 10.5 Å². The SMILES string of the molecule is Cc1nccn1CCCNS(=O)(=O)c1ccc(Cl)cc1C(F)(F)F. The van der Waals surface area contributed by atoms with Crippen molar-refractivity contribution in [2.75, 3.05) is 6.54 Å². The first-order valence-electron chi connectivity index (χ1n) is 6.95. The van der Waals surface area contributed by atoms with Crippen molar-refractivity contribution in [3.8, 4) is 0 Å². The van der Waals surface area contributed by atoms with Crippen molar-refractivity contribution in [3.05, 3.63) is 47.0 Å². The molecule has 0 atom stereocenters. The van der Waals surface area contributed by atoms with Crippen LogP contribution in [0.2, 0.25) is 5.02 Å². The number of benzene rings is 1. The summed E-state index contributed by atoms with van der Waals surface area (Å²) in [7, 11) is -4.30. The van der Waals surface area contributed by atoms with Gasteiger partial charge in [0.1, 0.15) is 5.82 Å². The first-order chi connectivity index (χ1) is 11.1. The van der Waals surface area contributed by atoms with Crippen LogP contribution in [0.1, 0.15) is 17.8 Å². The van der Waals surface area contributed by atoms with Crippen LogP contribution in [0.4, 0.5) is 13.2 Å². The van der Waals surface area contributed by atoms with Crippen LogP contribution in [0.5, 0.6) is 0 Å². The Balaban J connectivity index is 2.09. The van der Waals surface area contributed by atoms with Gasteiger partial charge in [-0.2, -0.15) is 13.2 Å². The van der Waals surface area contributed by atoms with Gasteiger partial charge in [-0.05, 0) is 31.5 Å². The molecule has 0 fully saturated rings. The predicted octanol–water partition coefficient (Wildman–Crippen LogP) is 3.23. The third kappa shape index (κ3) is 4.49. The molecule has 132 valence electrons. The van der Waals surface area contributed by atoms with Crippen LogP contribution in [0.15, 0.2) is 35.5 Å². The van der Waals surface area contributed by atoms with E-state index in [1.807, 2.05) is 4.57 Å². The van der Waals surface area contributed by atoms with E-state index in [9.17, 15) is 21.6 Å². The average Bonchev–Trinajstić information content (AvgIpc) is 2.88. The minimum Gasteiger partial charge on any atom is -0.335 e. The number of hydrogen-bond acceptors (Lipinski definition) is 3. The van der Waals surface area contributed by atoms with Gasteiger partial charge in [0.15, 0.2) is 0 Å². The highest BCUT2D eigenvalue weighted by Crippen LogP contribution is 2.35. The molecule has 0 radical (unpaired) electrons. The summed E-state index contributed by atoms with van der Waals surface area (Å²) in [5, 5.41) is -0.183. The zero-order valence-electron chi connectivity index (χ0n) is 12.6. The summed E-state index contributed by atoms with van der Waals surface area (Å²) in [5.74, 6) is 0.773. The quantitative estimate of drug-likeness (QED) is 0.781. The lowest BCUT2D eigenvalue weighted by atomic mass is 10.2. The van der Waals surface area contributed by atoms with E-state index in [1.165, 1.54) is 0 Å². The second-order valence-electron chi connectivity index (χ2n) is 5.06. The summed E-state index contributed by atoms with van der Waals surface area (Å²) in [5.41, 5.74) is -1.28. The Hall–Kier alpha value is -1.58. The van der Waals surface area contributed by atoms with Crippen LogP contribution in [-0.2, 0) is 22.7 Å². The third-order valence-corrected chi connectivity index (χ3v) is 5.08. The smallest absolute Gasteiger partial charge is 0.335 e. The predicted molar refractivity (Wildman–Crippen MR) is 83.2 cm³/mol. The lowest BCUT2D eigenvalue weighted by molar-refractivity contribution is -0.139. The number of halogens is 4. The average molecular weight is 382 g/mol. The molecule has 0 amide bonds. The fourth-order valence-electron chi connectivity index (χ4n) is 2.13. The molecule has 1 N–H and O–H groups in total. The molecule has 0 aliphatic carbocycles. The summed E-state index contributed by atoms with van der Waals surface area (Å²) in [6, 6.07) is 2.57. The maximum absolute atomic E-state index is 13.0. The molecule has 0 saturated carbocycles. The Morgan fingerprint density at radius 1 is 1.33 bits per heavy atom. The number of aryl methyl sites for hydroxylation is 2. The van der Waals surface area contributed by atoms with Gasteiger partial charge in [0, 0.05) is 30.5 Å². The van der Waals surface area contributed by atoms with Gasteiger partial charge in [-0.25, -0.2) is 18.1 Å². The van der Waals surface area contributed by atoms with Crippen molar-refractivity contribution in [2.45, 2.75) is 31.0 Å². The second-order valence-corrected chi connectivity index (χ2v) is 7.23. The molecule has 1 aromatic carbocycles. The van der Waals surface area contributed by atoms with Gasteiger partial charge in [-0.3, -0.25) is 0 Å². The summed E-state index contributed by atoms with van der Waals surface area (Å²) in [6.07, 6.45) is -1.05. The molecule has 1 heterocycles. The minimum absolute atomic E-state index is 0.000122. The fraction of sp³-hybridized carbons (Fsp3) is 0.357. The third-order valence-electron chi connectivity index (χ3n) is 3.33. The summed E-state index contributed by atoms with van der Waals surface area (Å²) < 4.78 is 67.4. The number of sulfonamides is 1. The Morgan fingerprint density at radius 3 is 2.62 bits per heavy atom. The first kappa shape index (κ1) is 18.8. The van der Waals surface area contributed by atoms with Gasteiger partial charge in [-0.1, -0.05) is 11.6 Å². The van der Waals surface area contributed by atoms with Crippen molar-refractivity contribution >= 4 is 21.6 Å². The molecule has 10 heteroatoms. The number of hydrogen-bond donors (Lipinski definition) is 1. The topological polar surface area (TPSA) is 64.0 Å². The highest BCUT2D eigenvalue weighted by atomic mass is 35.5. The number of aromatic nitrogens is 2. The number of alkyl halides is 3. The van der Waals surface area contributed by atoms with Crippen LogP contribution in [-0.4, -0.2) is 24.5 Å². The van der Waals surface area contributed by atoms with Crippen LogP contribution < -0.4 is 4.72 Å². The molecule has 0 spiro atoms. The molecule has 0 aliphatic rings. The minimum atomic E-state index is -4.82. The number of rotatable bonds is 6. The molecule has 2 rings (SSSR count). The maximum Gasteiger partial charge on any atom is 0.417 e. The van der Waals surface area contributed by atoms with Crippen molar-refractivity contribution in [2.24, 2.45) is 0 Å². The molecule has 0 aliphatic heterocycles. The lowest BCUT2D eigenvalue weighted by Crippen LogP contribution is -2.28. The first-order valence-corrected chi connectivity index (χ1v) is 8.81. The van der Waals surface area contributed by atoms with E-state index in [2.05, 4.69) is 9.71 Å². The summed E-state index contributed by atoms with van der Waals surface area (Å²) in [6.45, 7) is 2.30. The molecule has 2 aromatic rings. The molecule has 5 nitrogen and oxygen atoms in total. The molecule has 0 bridgehead atoms. The molecular weight excluding hydrogens is 367 g/mol. The van der Waals surface area contributed by atoms with E-state index in [-0.39, 0.29) is 11.6 Å². The highest BCUT2D eigenvalue weighted by molar-refractivity contribution is 7.89. The summed E-state index contributed by atoms with van der Waals surface area (Å²) >= 11 is 5.55. The Morgan fingerprint density at radius 2 is 2.04 bits per heavy atom. The van der Waals surface area contributed by atoms with E-state index < -0.39 is 26.7 Å². The van der Waals surface area contributed by atoms with Crippen LogP contribution in [0, 0.1) is 6.92 Å². The van der Waals surface area contributed by atoms with E-state index in [0.717, 1.165) is 18.0 Å². The number of nitrogens with zero attached hydrogens (tertiary/aromatic N) is 2. The largest absolute Gasteiger partial charge is 0.417 e. The van der Waals surface area contributed by atoms with Crippen molar-refractivity contribution in [3.63, 3.8) is 0 Å². The van der Waals surface area contributed by atoms with Gasteiger partial charge in [0.2, 0.25) is 10.0 Å². The zero-order chi connectivity index (χ0) is 18.0. The summed E-state index contributed by atoms with van der Waals surface area (Å²) in [4.78, 5) is 3.19. The monoisotopic (exact) mass is 381 g/mol. The Labute approximate surface area is 142 Å². The Kier molecular flexibility index (Phi) is 5.56. The molecule has 0 saturated heterocycles. The van der Waals surface area contributed by atoms with Gasteiger partial charge in [0.25, 0.3) is 0 Å². The van der Waals surface area contributed by atoms with E-state index in [4.69, 9.17) is 11.6 Å². The zero-order valence-corrected chi connectivity index (χ0v) is 14.2. The standard InChI is InChI=1S/C14H15ClF3N3O2S/c1-10-19-6-8-21(10)7-2-5-20-24(22,23)13-4-3-11(15)9-12(13)14(16,17)18/h3-4,6,8-9,20H,2,5,7H2,1H3. The van der Waals surface area contributed by atoms with E-state index in [1.54, 1.807) is 19.3 Å². The number of imidazole rings is 1. The maximum atomic E-state index is 13.0. The van der Waals surface area contributed by atoms with Crippen molar-refractivity contribution < 1.29 is 21.6 Å². The van der Waals surface area contributed by atoms with Crippen molar-refractivity contribution in [1.82, 2.24) is 14.3 Å². The molecule has 1 aromatic heterocycles. The van der Waals surface area contributed by atoms with Crippen LogP contribution in [0.3, 0.4) is 0 Å². The van der Waals surface area contributed by atoms with Crippen molar-refractivity contribution in [1.29, 1.82) is 0 Å². The van der Waals surface area contributed by atoms with Crippen LogP contribution in [0.25, 0.3) is 0 Å². The molecule has 24 heavy (non-hydrogen) atoms.